The Labute approximate surface area is 122 Å². The number of rotatable bonds is 4. The second-order valence-electron chi connectivity index (χ2n) is 4.28. The lowest BCUT2D eigenvalue weighted by Crippen LogP contribution is -2.22. The number of nitrogens with zero attached hydrogens (tertiary/aromatic N) is 2. The second-order valence-corrected chi connectivity index (χ2v) is 5.42. The van der Waals surface area contributed by atoms with Crippen molar-refractivity contribution in [1.82, 2.24) is 9.88 Å². The minimum absolute atomic E-state index is 0. The highest BCUT2D eigenvalue weighted by atomic mass is 35.5. The first-order valence-electron chi connectivity index (χ1n) is 5.72. The summed E-state index contributed by atoms with van der Waals surface area (Å²) >= 11 is 1.46. The van der Waals surface area contributed by atoms with Crippen molar-refractivity contribution < 1.29 is 4.39 Å². The third-order valence-corrected chi connectivity index (χ3v) is 3.80. The van der Waals surface area contributed by atoms with Gasteiger partial charge in [-0.15, -0.1) is 23.7 Å². The van der Waals surface area contributed by atoms with Crippen molar-refractivity contribution in [3.63, 3.8) is 0 Å². The number of nitrogen functional groups attached to an aromatic ring is 1. The maximum absolute atomic E-state index is 13.7. The maximum atomic E-state index is 13.7. The molecule has 104 valence electrons. The van der Waals surface area contributed by atoms with Crippen molar-refractivity contribution in [3.8, 4) is 0 Å². The van der Waals surface area contributed by atoms with E-state index in [-0.39, 0.29) is 24.3 Å². The van der Waals surface area contributed by atoms with Crippen LogP contribution >= 0.6 is 23.7 Å². The zero-order valence-electron chi connectivity index (χ0n) is 10.8. The van der Waals surface area contributed by atoms with E-state index in [4.69, 9.17) is 5.73 Å². The molecule has 0 amide bonds. The molecule has 1 unspecified atom stereocenters. The summed E-state index contributed by atoms with van der Waals surface area (Å²) in [5.74, 6) is -0.166. The lowest BCUT2D eigenvalue weighted by molar-refractivity contribution is 0.250. The van der Waals surface area contributed by atoms with Gasteiger partial charge in [0, 0.05) is 29.2 Å². The van der Waals surface area contributed by atoms with E-state index in [0.717, 1.165) is 4.88 Å². The topological polar surface area (TPSA) is 42.2 Å². The predicted octanol–water partition coefficient (Wildman–Crippen LogP) is 3.48. The van der Waals surface area contributed by atoms with Gasteiger partial charge >= 0.3 is 0 Å². The molecule has 0 aliphatic carbocycles. The molecule has 1 aromatic heterocycles. The zero-order valence-corrected chi connectivity index (χ0v) is 12.5. The number of aromatic nitrogens is 1. The molecule has 2 N–H and O–H groups in total. The molecule has 0 bridgehead atoms. The van der Waals surface area contributed by atoms with E-state index in [1.54, 1.807) is 12.3 Å². The van der Waals surface area contributed by atoms with E-state index in [2.05, 4.69) is 9.88 Å². The third-order valence-electron chi connectivity index (χ3n) is 2.99. The Hall–Kier alpha value is -1.17. The summed E-state index contributed by atoms with van der Waals surface area (Å²) in [5, 5.41) is 0.567. The lowest BCUT2D eigenvalue weighted by atomic mass is 10.1. The van der Waals surface area contributed by atoms with E-state index in [9.17, 15) is 4.39 Å². The number of hydrogen-bond acceptors (Lipinski definition) is 4. The van der Waals surface area contributed by atoms with Gasteiger partial charge in [-0.2, -0.15) is 0 Å². The third kappa shape index (κ3) is 3.89. The Morgan fingerprint density at radius 3 is 2.68 bits per heavy atom. The molecule has 0 saturated carbocycles. The maximum Gasteiger partial charge on any atom is 0.180 e. The molecule has 0 radical (unpaired) electrons. The summed E-state index contributed by atoms with van der Waals surface area (Å²) in [5.41, 5.74) is 6.30. The van der Waals surface area contributed by atoms with Crippen LogP contribution in [0.3, 0.4) is 0 Å². The number of halogens is 2. The van der Waals surface area contributed by atoms with Crippen molar-refractivity contribution in [2.24, 2.45) is 0 Å². The lowest BCUT2D eigenvalue weighted by Gasteiger charge is -2.24. The molecular weight excluding hydrogens is 285 g/mol. The average Bonchev–Trinajstić information content (AvgIpc) is 2.74. The summed E-state index contributed by atoms with van der Waals surface area (Å²) < 4.78 is 13.7. The van der Waals surface area contributed by atoms with Gasteiger partial charge in [-0.1, -0.05) is 18.2 Å². The quantitative estimate of drug-likeness (QED) is 0.940. The molecule has 1 atom stereocenters. The Balaban J connectivity index is 0.00000180. The van der Waals surface area contributed by atoms with E-state index >= 15 is 0 Å². The van der Waals surface area contributed by atoms with E-state index < -0.39 is 0 Å². The summed E-state index contributed by atoms with van der Waals surface area (Å²) in [6.45, 7) is 2.70. The number of thiazole rings is 1. The fourth-order valence-electron chi connectivity index (χ4n) is 1.83. The zero-order chi connectivity index (χ0) is 13.1. The monoisotopic (exact) mass is 301 g/mol. The summed E-state index contributed by atoms with van der Waals surface area (Å²) in [4.78, 5) is 7.17. The summed E-state index contributed by atoms with van der Waals surface area (Å²) in [6, 6.07) is 6.87. The van der Waals surface area contributed by atoms with Crippen LogP contribution in [0.25, 0.3) is 0 Å². The molecule has 2 aromatic rings. The molecule has 6 heteroatoms. The van der Waals surface area contributed by atoms with Gasteiger partial charge in [0.15, 0.2) is 5.13 Å². The van der Waals surface area contributed by atoms with Crippen LogP contribution in [-0.2, 0) is 6.54 Å². The highest BCUT2D eigenvalue weighted by Crippen LogP contribution is 2.24. The van der Waals surface area contributed by atoms with Gasteiger partial charge in [-0.25, -0.2) is 9.37 Å². The van der Waals surface area contributed by atoms with Crippen LogP contribution in [0, 0.1) is 5.82 Å². The van der Waals surface area contributed by atoms with Crippen LogP contribution in [0.2, 0.25) is 0 Å². The highest BCUT2D eigenvalue weighted by Gasteiger charge is 2.16. The van der Waals surface area contributed by atoms with Gasteiger partial charge in [0.05, 0.1) is 0 Å². The van der Waals surface area contributed by atoms with E-state index in [1.165, 1.54) is 17.4 Å². The Morgan fingerprint density at radius 1 is 1.42 bits per heavy atom. The van der Waals surface area contributed by atoms with Crippen LogP contribution in [-0.4, -0.2) is 16.9 Å². The minimum atomic E-state index is -0.166. The second kappa shape index (κ2) is 6.84. The van der Waals surface area contributed by atoms with Crippen molar-refractivity contribution >= 4 is 28.9 Å². The molecule has 19 heavy (non-hydrogen) atoms. The van der Waals surface area contributed by atoms with E-state index in [1.807, 2.05) is 26.1 Å². The van der Waals surface area contributed by atoms with Gasteiger partial charge in [0.2, 0.25) is 0 Å². The Morgan fingerprint density at radius 2 is 2.11 bits per heavy atom. The normalized spacial score (nSPS) is 12.2. The first-order valence-corrected chi connectivity index (χ1v) is 6.54. The molecule has 0 fully saturated rings. The Bertz CT molecular complexity index is 532. The molecule has 0 aliphatic rings. The van der Waals surface area contributed by atoms with Crippen molar-refractivity contribution in [1.29, 1.82) is 0 Å². The van der Waals surface area contributed by atoms with Gasteiger partial charge < -0.3 is 5.73 Å². The van der Waals surface area contributed by atoms with Crippen LogP contribution in [0.5, 0.6) is 0 Å². The van der Waals surface area contributed by atoms with Crippen LogP contribution < -0.4 is 5.73 Å². The molecule has 0 spiro atoms. The first kappa shape index (κ1) is 15.9. The highest BCUT2D eigenvalue weighted by molar-refractivity contribution is 7.15. The molecule has 0 aliphatic heterocycles. The molecule has 0 saturated heterocycles. The van der Waals surface area contributed by atoms with Crippen molar-refractivity contribution in [3.05, 3.63) is 46.7 Å². The summed E-state index contributed by atoms with van der Waals surface area (Å²) in [7, 11) is 1.97. The molecule has 2 rings (SSSR count). The van der Waals surface area contributed by atoms with Gasteiger partial charge in [-0.3, -0.25) is 4.90 Å². The van der Waals surface area contributed by atoms with Gasteiger partial charge in [-0.05, 0) is 20.0 Å². The molecular formula is C13H17ClFN3S. The standard InChI is InChI=1S/C13H16FN3S.ClH/c1-9(11-5-3-4-6-12(11)14)17(2)8-10-7-16-13(15)18-10;/h3-7,9H,8H2,1-2H3,(H2,15,16);1H. The van der Waals surface area contributed by atoms with Gasteiger partial charge in [0.1, 0.15) is 5.82 Å². The largest absolute Gasteiger partial charge is 0.375 e. The molecule has 1 aromatic carbocycles. The minimum Gasteiger partial charge on any atom is -0.375 e. The van der Waals surface area contributed by atoms with Gasteiger partial charge in [0.25, 0.3) is 0 Å². The SMILES string of the molecule is CC(c1ccccc1F)N(C)Cc1cnc(N)s1.Cl. The number of nitrogens with two attached hydrogens (primary N) is 1. The number of anilines is 1. The molecule has 3 nitrogen and oxygen atoms in total. The number of benzene rings is 1. The smallest absolute Gasteiger partial charge is 0.180 e. The van der Waals surface area contributed by atoms with Crippen LogP contribution in [0.1, 0.15) is 23.4 Å². The van der Waals surface area contributed by atoms with Crippen LogP contribution in [0.4, 0.5) is 9.52 Å². The Kier molecular flexibility index (Phi) is 5.72. The first-order chi connectivity index (χ1) is 8.58. The fraction of sp³-hybridized carbons (Fsp3) is 0.308. The number of hydrogen-bond donors (Lipinski definition) is 1. The van der Waals surface area contributed by atoms with Crippen molar-refractivity contribution in [2.45, 2.75) is 19.5 Å². The fourth-order valence-corrected chi connectivity index (χ4v) is 2.58. The predicted molar refractivity (Wildman–Crippen MR) is 80.1 cm³/mol. The van der Waals surface area contributed by atoms with E-state index in [0.29, 0.717) is 17.2 Å². The summed E-state index contributed by atoms with van der Waals surface area (Å²) in [6.07, 6.45) is 1.77. The average molecular weight is 302 g/mol. The van der Waals surface area contributed by atoms with Crippen molar-refractivity contribution in [2.75, 3.05) is 12.8 Å². The molecule has 1 heterocycles. The van der Waals surface area contributed by atoms with Crippen LogP contribution in [0.15, 0.2) is 30.5 Å².